The fourth-order valence-corrected chi connectivity index (χ4v) is 1.53. The molecule has 0 saturated carbocycles. The van der Waals surface area contributed by atoms with Gasteiger partial charge in [0.1, 0.15) is 0 Å². The molecule has 0 bridgehead atoms. The molecule has 0 aromatic heterocycles. The molecule has 0 unspecified atom stereocenters. The number of nitrogens with one attached hydrogen (secondary N) is 2. The SMILES string of the molecule is NNC(=O)C[C@@H](C(=O)NN)c1ccc(Cl)cc1. The van der Waals surface area contributed by atoms with E-state index in [9.17, 15) is 9.59 Å². The van der Waals surface area contributed by atoms with Crippen LogP contribution in [-0.4, -0.2) is 11.8 Å². The summed E-state index contributed by atoms with van der Waals surface area (Å²) in [4.78, 5) is 22.8. The maximum atomic E-state index is 11.6. The summed E-state index contributed by atoms with van der Waals surface area (Å²) >= 11 is 5.74. The van der Waals surface area contributed by atoms with E-state index in [-0.39, 0.29) is 6.42 Å². The van der Waals surface area contributed by atoms with Crippen LogP contribution in [0, 0.1) is 0 Å². The van der Waals surface area contributed by atoms with Crippen molar-refractivity contribution in [2.45, 2.75) is 12.3 Å². The maximum Gasteiger partial charge on any atom is 0.241 e. The van der Waals surface area contributed by atoms with Gasteiger partial charge in [-0.1, -0.05) is 23.7 Å². The van der Waals surface area contributed by atoms with E-state index in [1.807, 2.05) is 10.9 Å². The van der Waals surface area contributed by atoms with E-state index in [2.05, 4.69) is 0 Å². The predicted molar refractivity (Wildman–Crippen MR) is 63.5 cm³/mol. The maximum absolute atomic E-state index is 11.6. The zero-order valence-electron chi connectivity index (χ0n) is 8.94. The number of halogens is 1. The van der Waals surface area contributed by atoms with Gasteiger partial charge in [0.15, 0.2) is 0 Å². The zero-order valence-corrected chi connectivity index (χ0v) is 9.70. The molecular formula is C10H13ClN4O2. The second kappa shape index (κ2) is 6.19. The molecule has 0 spiro atoms. The fourth-order valence-electron chi connectivity index (χ4n) is 1.40. The third-order valence-corrected chi connectivity index (χ3v) is 2.53. The number of carbonyl (C=O) groups excluding carboxylic acids is 2. The molecule has 2 amide bonds. The lowest BCUT2D eigenvalue weighted by Crippen LogP contribution is -2.38. The summed E-state index contributed by atoms with van der Waals surface area (Å²) in [5.41, 5.74) is 4.62. The summed E-state index contributed by atoms with van der Waals surface area (Å²) in [5.74, 6) is 8.44. The van der Waals surface area contributed by atoms with Crippen molar-refractivity contribution in [3.63, 3.8) is 0 Å². The smallest absolute Gasteiger partial charge is 0.241 e. The lowest BCUT2D eigenvalue weighted by atomic mass is 9.95. The van der Waals surface area contributed by atoms with Crippen molar-refractivity contribution in [2.75, 3.05) is 0 Å². The minimum atomic E-state index is -0.694. The molecular weight excluding hydrogens is 244 g/mol. The Morgan fingerprint density at radius 1 is 1.18 bits per heavy atom. The van der Waals surface area contributed by atoms with Crippen molar-refractivity contribution in [3.05, 3.63) is 34.9 Å². The highest BCUT2D eigenvalue weighted by molar-refractivity contribution is 6.30. The lowest BCUT2D eigenvalue weighted by molar-refractivity contribution is -0.127. The Kier molecular flexibility index (Phi) is 4.89. The fraction of sp³-hybridized carbons (Fsp3) is 0.200. The Balaban J connectivity index is 2.93. The van der Waals surface area contributed by atoms with E-state index in [4.69, 9.17) is 23.3 Å². The first-order chi connectivity index (χ1) is 8.08. The first-order valence-corrected chi connectivity index (χ1v) is 5.21. The highest BCUT2D eigenvalue weighted by atomic mass is 35.5. The van der Waals surface area contributed by atoms with Gasteiger partial charge >= 0.3 is 0 Å². The van der Waals surface area contributed by atoms with Crippen molar-refractivity contribution in [1.29, 1.82) is 0 Å². The minimum absolute atomic E-state index is 0.0822. The molecule has 6 N–H and O–H groups in total. The molecule has 92 valence electrons. The molecule has 1 aromatic rings. The molecule has 1 aromatic carbocycles. The Morgan fingerprint density at radius 2 is 1.76 bits per heavy atom. The van der Waals surface area contributed by atoms with Crippen LogP contribution < -0.4 is 22.5 Å². The molecule has 1 rings (SSSR count). The first-order valence-electron chi connectivity index (χ1n) is 4.84. The van der Waals surface area contributed by atoms with Gasteiger partial charge in [0.05, 0.1) is 5.92 Å². The molecule has 17 heavy (non-hydrogen) atoms. The van der Waals surface area contributed by atoms with Crippen molar-refractivity contribution < 1.29 is 9.59 Å². The van der Waals surface area contributed by atoms with Crippen LogP contribution >= 0.6 is 11.6 Å². The third-order valence-electron chi connectivity index (χ3n) is 2.28. The summed E-state index contributed by atoms with van der Waals surface area (Å²) in [6.45, 7) is 0. The molecule has 1 atom stereocenters. The number of amides is 2. The van der Waals surface area contributed by atoms with E-state index < -0.39 is 17.7 Å². The molecule has 0 aliphatic heterocycles. The summed E-state index contributed by atoms with van der Waals surface area (Å²) in [6, 6.07) is 6.58. The van der Waals surface area contributed by atoms with Crippen LogP contribution in [-0.2, 0) is 9.59 Å². The van der Waals surface area contributed by atoms with Gasteiger partial charge in [0, 0.05) is 11.4 Å². The van der Waals surface area contributed by atoms with E-state index >= 15 is 0 Å². The lowest BCUT2D eigenvalue weighted by Gasteiger charge is -2.14. The third kappa shape index (κ3) is 3.70. The summed E-state index contributed by atoms with van der Waals surface area (Å²) < 4.78 is 0. The topological polar surface area (TPSA) is 110 Å². The average molecular weight is 257 g/mol. The zero-order chi connectivity index (χ0) is 12.8. The summed E-state index contributed by atoms with van der Waals surface area (Å²) in [7, 11) is 0. The number of carbonyl (C=O) groups is 2. The van der Waals surface area contributed by atoms with Crippen LogP contribution in [0.1, 0.15) is 17.9 Å². The van der Waals surface area contributed by atoms with Gasteiger partial charge in [-0.3, -0.25) is 20.4 Å². The van der Waals surface area contributed by atoms with Gasteiger partial charge in [-0.15, -0.1) is 0 Å². The van der Waals surface area contributed by atoms with E-state index in [0.29, 0.717) is 10.6 Å². The van der Waals surface area contributed by atoms with E-state index in [1.165, 1.54) is 0 Å². The molecule has 7 heteroatoms. The highest BCUT2D eigenvalue weighted by Crippen LogP contribution is 2.21. The number of nitrogens with two attached hydrogens (primary N) is 2. The van der Waals surface area contributed by atoms with Gasteiger partial charge < -0.3 is 0 Å². The largest absolute Gasteiger partial charge is 0.294 e. The number of rotatable bonds is 4. The molecule has 0 saturated heterocycles. The average Bonchev–Trinajstić information content (AvgIpc) is 2.36. The van der Waals surface area contributed by atoms with Crippen molar-refractivity contribution in [3.8, 4) is 0 Å². The van der Waals surface area contributed by atoms with Gasteiger partial charge in [-0.05, 0) is 17.7 Å². The van der Waals surface area contributed by atoms with Gasteiger partial charge in [0.25, 0.3) is 0 Å². The standard InChI is InChI=1S/C10H13ClN4O2/c11-7-3-1-6(2-4-7)8(10(17)15-13)5-9(16)14-12/h1-4,8H,5,12-13H2,(H,14,16)(H,15,17)/t8-/m1/s1. The van der Waals surface area contributed by atoms with Gasteiger partial charge in [-0.2, -0.15) is 0 Å². The Labute approximate surface area is 103 Å². The van der Waals surface area contributed by atoms with Crippen LogP contribution in [0.25, 0.3) is 0 Å². The van der Waals surface area contributed by atoms with Crippen LogP contribution in [0.5, 0.6) is 0 Å². The summed E-state index contributed by atoms with van der Waals surface area (Å²) in [6.07, 6.45) is -0.0822. The Bertz CT molecular complexity index is 407. The quantitative estimate of drug-likeness (QED) is 0.339. The summed E-state index contributed by atoms with van der Waals surface area (Å²) in [5, 5.41) is 0.545. The van der Waals surface area contributed by atoms with Crippen LogP contribution in [0.3, 0.4) is 0 Å². The highest BCUT2D eigenvalue weighted by Gasteiger charge is 2.22. The predicted octanol–water partition coefficient (Wildman–Crippen LogP) is -0.206. The number of hydrazine groups is 2. The van der Waals surface area contributed by atoms with Crippen molar-refractivity contribution in [1.82, 2.24) is 10.9 Å². The van der Waals surface area contributed by atoms with E-state index in [1.54, 1.807) is 24.3 Å². The normalized spacial score (nSPS) is 11.7. The van der Waals surface area contributed by atoms with Crippen LogP contribution in [0.4, 0.5) is 0 Å². The Morgan fingerprint density at radius 3 is 2.24 bits per heavy atom. The van der Waals surface area contributed by atoms with Crippen molar-refractivity contribution in [2.24, 2.45) is 11.7 Å². The number of hydrogen-bond acceptors (Lipinski definition) is 4. The second-order valence-electron chi connectivity index (χ2n) is 3.38. The van der Waals surface area contributed by atoms with E-state index in [0.717, 1.165) is 0 Å². The van der Waals surface area contributed by atoms with Gasteiger partial charge in [0.2, 0.25) is 11.8 Å². The van der Waals surface area contributed by atoms with Crippen molar-refractivity contribution >= 4 is 23.4 Å². The molecule has 0 radical (unpaired) electrons. The number of benzene rings is 1. The van der Waals surface area contributed by atoms with Gasteiger partial charge in [-0.25, -0.2) is 11.7 Å². The Hall–Kier alpha value is -1.63. The molecule has 0 aliphatic rings. The molecule has 0 heterocycles. The molecule has 0 aliphatic carbocycles. The number of hydrogen-bond donors (Lipinski definition) is 4. The molecule has 0 fully saturated rings. The first kappa shape index (κ1) is 13.4. The molecule has 6 nitrogen and oxygen atoms in total. The van der Waals surface area contributed by atoms with Crippen LogP contribution in [0.15, 0.2) is 24.3 Å². The minimum Gasteiger partial charge on any atom is -0.294 e. The monoisotopic (exact) mass is 256 g/mol. The second-order valence-corrected chi connectivity index (χ2v) is 3.82. The van der Waals surface area contributed by atoms with Crippen LogP contribution in [0.2, 0.25) is 5.02 Å².